The summed E-state index contributed by atoms with van der Waals surface area (Å²) in [6.45, 7) is 7.63. The summed E-state index contributed by atoms with van der Waals surface area (Å²) >= 11 is 0. The zero-order valence-electron chi connectivity index (χ0n) is 13.8. The predicted molar refractivity (Wildman–Crippen MR) is 88.3 cm³/mol. The first-order valence-corrected chi connectivity index (χ1v) is 7.71. The van der Waals surface area contributed by atoms with Crippen molar-refractivity contribution in [2.75, 3.05) is 26.3 Å². The van der Waals surface area contributed by atoms with E-state index in [-0.39, 0.29) is 5.91 Å². The highest BCUT2D eigenvalue weighted by Crippen LogP contribution is 2.26. The third-order valence-electron chi connectivity index (χ3n) is 4.10. The summed E-state index contributed by atoms with van der Waals surface area (Å²) in [5.41, 5.74) is 1.55. The lowest BCUT2D eigenvalue weighted by Crippen LogP contribution is -2.39. The molecule has 1 aliphatic heterocycles. The Morgan fingerprint density at radius 2 is 1.87 bits per heavy atom. The summed E-state index contributed by atoms with van der Waals surface area (Å²) in [6, 6.07) is 5.63. The van der Waals surface area contributed by atoms with Gasteiger partial charge in [0.1, 0.15) is 0 Å². The fraction of sp³-hybridized carbons (Fsp3) is 0.444. The standard InChI is InChI=1S/C18H23NO4/c1-13-10-14(12-15(11-13)18(2,3)17(21)22)4-5-16(20)19-6-8-23-9-7-19/h4-5,10-12H,6-9H2,1-3H3,(H,21,22)/b5-4+. The van der Waals surface area contributed by atoms with E-state index in [0.29, 0.717) is 26.3 Å². The highest BCUT2D eigenvalue weighted by molar-refractivity contribution is 5.92. The second-order valence-corrected chi connectivity index (χ2v) is 6.33. The third kappa shape index (κ3) is 4.20. The van der Waals surface area contributed by atoms with E-state index in [0.717, 1.165) is 16.7 Å². The number of nitrogens with zero attached hydrogens (tertiary/aromatic N) is 1. The molecule has 0 aromatic heterocycles. The first-order chi connectivity index (χ1) is 10.8. The molecule has 1 aromatic carbocycles. The van der Waals surface area contributed by atoms with Crippen LogP contribution in [0.4, 0.5) is 0 Å². The number of carboxylic acids is 1. The first-order valence-electron chi connectivity index (χ1n) is 7.71. The average Bonchev–Trinajstić information content (AvgIpc) is 2.52. The van der Waals surface area contributed by atoms with E-state index in [4.69, 9.17) is 4.74 Å². The monoisotopic (exact) mass is 317 g/mol. The molecule has 1 saturated heterocycles. The lowest BCUT2D eigenvalue weighted by molar-refractivity contribution is -0.142. The summed E-state index contributed by atoms with van der Waals surface area (Å²) in [5, 5.41) is 9.37. The molecule has 0 unspecified atom stereocenters. The minimum absolute atomic E-state index is 0.0474. The van der Waals surface area contributed by atoms with Gasteiger partial charge in [0.25, 0.3) is 0 Å². The molecule has 23 heavy (non-hydrogen) atoms. The van der Waals surface area contributed by atoms with Crippen LogP contribution in [0.15, 0.2) is 24.3 Å². The molecule has 0 atom stereocenters. The van der Waals surface area contributed by atoms with Crippen LogP contribution in [0.1, 0.15) is 30.5 Å². The maximum atomic E-state index is 12.1. The van der Waals surface area contributed by atoms with Crippen LogP contribution in [0, 0.1) is 6.92 Å². The lowest BCUT2D eigenvalue weighted by atomic mass is 9.83. The van der Waals surface area contributed by atoms with E-state index in [2.05, 4.69) is 0 Å². The van der Waals surface area contributed by atoms with Crippen molar-refractivity contribution in [3.63, 3.8) is 0 Å². The Bertz CT molecular complexity index is 628. The lowest BCUT2D eigenvalue weighted by Gasteiger charge is -2.25. The number of morpholine rings is 1. The predicted octanol–water partition coefficient (Wildman–Crippen LogP) is 2.23. The van der Waals surface area contributed by atoms with E-state index in [1.807, 2.05) is 25.1 Å². The van der Waals surface area contributed by atoms with Crippen molar-refractivity contribution in [3.8, 4) is 0 Å². The van der Waals surface area contributed by atoms with Gasteiger partial charge < -0.3 is 14.7 Å². The van der Waals surface area contributed by atoms with Crippen LogP contribution in [0.2, 0.25) is 0 Å². The first kappa shape index (κ1) is 17.2. The van der Waals surface area contributed by atoms with Gasteiger partial charge in [0.05, 0.1) is 18.6 Å². The summed E-state index contributed by atoms with van der Waals surface area (Å²) in [6.07, 6.45) is 3.28. The summed E-state index contributed by atoms with van der Waals surface area (Å²) in [5.74, 6) is -0.920. The molecule has 1 aromatic rings. The smallest absolute Gasteiger partial charge is 0.313 e. The van der Waals surface area contributed by atoms with Gasteiger partial charge in [-0.15, -0.1) is 0 Å². The van der Waals surface area contributed by atoms with Crippen LogP contribution < -0.4 is 0 Å². The Morgan fingerprint density at radius 1 is 1.22 bits per heavy atom. The quantitative estimate of drug-likeness (QED) is 0.865. The average molecular weight is 317 g/mol. The number of amides is 1. The van der Waals surface area contributed by atoms with Gasteiger partial charge in [-0.05, 0) is 38.0 Å². The highest BCUT2D eigenvalue weighted by atomic mass is 16.5. The summed E-state index contributed by atoms with van der Waals surface area (Å²) in [4.78, 5) is 25.3. The number of ether oxygens (including phenoxy) is 1. The Morgan fingerprint density at radius 3 is 2.48 bits per heavy atom. The molecule has 1 amide bonds. The second kappa shape index (κ2) is 6.96. The zero-order valence-corrected chi connectivity index (χ0v) is 13.8. The van der Waals surface area contributed by atoms with E-state index in [9.17, 15) is 14.7 Å². The second-order valence-electron chi connectivity index (χ2n) is 6.33. The highest BCUT2D eigenvalue weighted by Gasteiger charge is 2.29. The van der Waals surface area contributed by atoms with Gasteiger partial charge in [-0.2, -0.15) is 0 Å². The molecule has 5 heteroatoms. The maximum Gasteiger partial charge on any atom is 0.313 e. The van der Waals surface area contributed by atoms with Crippen molar-refractivity contribution in [1.82, 2.24) is 4.90 Å². The Balaban J connectivity index is 2.19. The number of aryl methyl sites for hydroxylation is 1. The molecule has 0 aliphatic carbocycles. The fourth-order valence-electron chi connectivity index (χ4n) is 2.45. The van der Waals surface area contributed by atoms with E-state index < -0.39 is 11.4 Å². The molecule has 0 spiro atoms. The van der Waals surface area contributed by atoms with Gasteiger partial charge in [-0.25, -0.2) is 0 Å². The Labute approximate surface area is 136 Å². The van der Waals surface area contributed by atoms with Gasteiger partial charge >= 0.3 is 5.97 Å². The van der Waals surface area contributed by atoms with Crippen LogP contribution in [-0.4, -0.2) is 48.2 Å². The van der Waals surface area contributed by atoms with Gasteiger partial charge in [0.15, 0.2) is 0 Å². The van der Waals surface area contributed by atoms with E-state index in [1.165, 1.54) is 6.08 Å². The third-order valence-corrected chi connectivity index (χ3v) is 4.10. The van der Waals surface area contributed by atoms with Crippen molar-refractivity contribution in [2.45, 2.75) is 26.2 Å². The molecule has 0 bridgehead atoms. The van der Waals surface area contributed by atoms with Crippen LogP contribution in [0.25, 0.3) is 6.08 Å². The molecule has 124 valence electrons. The summed E-state index contributed by atoms with van der Waals surface area (Å²) in [7, 11) is 0. The van der Waals surface area contributed by atoms with Crippen LogP contribution in [0.3, 0.4) is 0 Å². The van der Waals surface area contributed by atoms with Gasteiger partial charge in [-0.3, -0.25) is 9.59 Å². The molecular weight excluding hydrogens is 294 g/mol. The minimum atomic E-state index is -0.969. The van der Waals surface area contributed by atoms with Gasteiger partial charge in [0, 0.05) is 19.2 Å². The van der Waals surface area contributed by atoms with Crippen molar-refractivity contribution >= 4 is 18.0 Å². The maximum absolute atomic E-state index is 12.1. The van der Waals surface area contributed by atoms with Crippen molar-refractivity contribution < 1.29 is 19.4 Å². The van der Waals surface area contributed by atoms with E-state index >= 15 is 0 Å². The number of benzene rings is 1. The normalized spacial score (nSPS) is 15.9. The number of rotatable bonds is 4. The van der Waals surface area contributed by atoms with E-state index in [1.54, 1.807) is 24.8 Å². The summed E-state index contributed by atoms with van der Waals surface area (Å²) < 4.78 is 5.23. The Kier molecular flexibility index (Phi) is 5.21. The van der Waals surface area contributed by atoms with Crippen molar-refractivity contribution in [3.05, 3.63) is 41.0 Å². The molecule has 1 heterocycles. The largest absolute Gasteiger partial charge is 0.481 e. The SMILES string of the molecule is Cc1cc(/C=C/C(=O)N2CCOCC2)cc(C(C)(C)C(=O)O)c1. The van der Waals surface area contributed by atoms with Gasteiger partial charge in [-0.1, -0.05) is 23.8 Å². The van der Waals surface area contributed by atoms with Crippen molar-refractivity contribution in [2.24, 2.45) is 0 Å². The van der Waals surface area contributed by atoms with Crippen molar-refractivity contribution in [1.29, 1.82) is 0 Å². The zero-order chi connectivity index (χ0) is 17.0. The molecule has 1 aliphatic rings. The number of carbonyl (C=O) groups excluding carboxylic acids is 1. The molecular formula is C18H23NO4. The van der Waals surface area contributed by atoms with Crippen LogP contribution >= 0.6 is 0 Å². The van der Waals surface area contributed by atoms with Crippen LogP contribution in [-0.2, 0) is 19.7 Å². The van der Waals surface area contributed by atoms with Gasteiger partial charge in [0.2, 0.25) is 5.91 Å². The number of carbonyl (C=O) groups is 2. The molecule has 2 rings (SSSR count). The number of carboxylic acid groups (broad SMARTS) is 1. The number of hydrogen-bond donors (Lipinski definition) is 1. The molecule has 5 nitrogen and oxygen atoms in total. The molecule has 0 saturated carbocycles. The number of aliphatic carboxylic acids is 1. The Hall–Kier alpha value is -2.14. The topological polar surface area (TPSA) is 66.8 Å². The molecule has 1 fully saturated rings. The molecule has 1 N–H and O–H groups in total. The molecule has 0 radical (unpaired) electrons. The number of hydrogen-bond acceptors (Lipinski definition) is 3. The van der Waals surface area contributed by atoms with Crippen LogP contribution in [0.5, 0.6) is 0 Å². The minimum Gasteiger partial charge on any atom is -0.481 e. The fourth-order valence-corrected chi connectivity index (χ4v) is 2.45.